The second kappa shape index (κ2) is 3.81. The number of nitriles is 1. The summed E-state index contributed by atoms with van der Waals surface area (Å²) in [6, 6.07) is 2.47. The Bertz CT molecular complexity index is 268. The van der Waals surface area contributed by atoms with Crippen LogP contribution in [0.2, 0.25) is 0 Å². The van der Waals surface area contributed by atoms with E-state index in [0.717, 1.165) is 24.2 Å². The van der Waals surface area contributed by atoms with Crippen LogP contribution >= 0.6 is 0 Å². The van der Waals surface area contributed by atoms with Crippen LogP contribution in [0.15, 0.2) is 0 Å². The topological polar surface area (TPSA) is 23.8 Å². The van der Waals surface area contributed by atoms with E-state index in [4.69, 9.17) is 5.26 Å². The van der Waals surface area contributed by atoms with E-state index in [1.165, 1.54) is 25.7 Å². The minimum atomic E-state index is 0.366. The SMILES string of the molecule is CC(C)(C)C1CC2CCC(C#N)CC2C1. The van der Waals surface area contributed by atoms with E-state index >= 15 is 0 Å². The van der Waals surface area contributed by atoms with Crippen LogP contribution in [0.3, 0.4) is 0 Å². The highest BCUT2D eigenvalue weighted by Gasteiger charge is 2.42. The number of hydrogen-bond donors (Lipinski definition) is 0. The van der Waals surface area contributed by atoms with Crippen molar-refractivity contribution in [2.45, 2.75) is 52.9 Å². The molecule has 0 N–H and O–H groups in total. The fourth-order valence-corrected chi connectivity index (χ4v) is 3.58. The summed E-state index contributed by atoms with van der Waals surface area (Å²) in [5.41, 5.74) is 0.472. The Kier molecular flexibility index (Phi) is 2.79. The van der Waals surface area contributed by atoms with E-state index in [9.17, 15) is 0 Å². The van der Waals surface area contributed by atoms with E-state index in [1.807, 2.05) is 0 Å². The van der Waals surface area contributed by atoms with Crippen molar-refractivity contribution in [2.75, 3.05) is 0 Å². The second-order valence-electron chi connectivity index (χ2n) is 6.69. The molecule has 2 saturated carbocycles. The fraction of sp³-hybridized carbons (Fsp3) is 0.929. The zero-order valence-corrected chi connectivity index (χ0v) is 10.3. The van der Waals surface area contributed by atoms with Gasteiger partial charge in [-0.05, 0) is 55.3 Å². The summed E-state index contributed by atoms with van der Waals surface area (Å²) in [6.07, 6.45) is 6.47. The highest BCUT2D eigenvalue weighted by atomic mass is 14.5. The van der Waals surface area contributed by atoms with Crippen LogP contribution in [0.4, 0.5) is 0 Å². The van der Waals surface area contributed by atoms with Gasteiger partial charge in [0.25, 0.3) is 0 Å². The van der Waals surface area contributed by atoms with Crippen molar-refractivity contribution in [2.24, 2.45) is 29.1 Å². The van der Waals surface area contributed by atoms with Crippen molar-refractivity contribution in [1.29, 1.82) is 5.26 Å². The molecular formula is C14H23N. The first-order valence-electron chi connectivity index (χ1n) is 6.40. The monoisotopic (exact) mass is 205 g/mol. The molecule has 0 radical (unpaired) electrons. The third kappa shape index (κ3) is 2.19. The predicted octanol–water partition coefficient (Wildman–Crippen LogP) is 4.00. The maximum atomic E-state index is 8.99. The number of fused-ring (bicyclic) bond motifs is 1. The van der Waals surface area contributed by atoms with Crippen LogP contribution in [0.25, 0.3) is 0 Å². The van der Waals surface area contributed by atoms with Gasteiger partial charge in [-0.2, -0.15) is 5.26 Å². The molecule has 1 heteroatoms. The number of rotatable bonds is 0. The first-order valence-corrected chi connectivity index (χ1v) is 6.40. The van der Waals surface area contributed by atoms with Gasteiger partial charge in [0.05, 0.1) is 6.07 Å². The minimum Gasteiger partial charge on any atom is -0.198 e. The van der Waals surface area contributed by atoms with Gasteiger partial charge in [0.1, 0.15) is 0 Å². The molecular weight excluding hydrogens is 182 g/mol. The van der Waals surface area contributed by atoms with Crippen molar-refractivity contribution in [3.63, 3.8) is 0 Å². The maximum Gasteiger partial charge on any atom is 0.0655 e. The van der Waals surface area contributed by atoms with Crippen molar-refractivity contribution >= 4 is 0 Å². The van der Waals surface area contributed by atoms with Crippen LogP contribution in [-0.4, -0.2) is 0 Å². The van der Waals surface area contributed by atoms with E-state index in [-0.39, 0.29) is 0 Å². The van der Waals surface area contributed by atoms with Gasteiger partial charge in [-0.25, -0.2) is 0 Å². The summed E-state index contributed by atoms with van der Waals surface area (Å²) in [5.74, 6) is 3.07. The predicted molar refractivity (Wildman–Crippen MR) is 62.1 cm³/mol. The summed E-state index contributed by atoms with van der Waals surface area (Å²) in [4.78, 5) is 0. The van der Waals surface area contributed by atoms with Gasteiger partial charge in [-0.15, -0.1) is 0 Å². The molecule has 0 heterocycles. The molecule has 84 valence electrons. The molecule has 0 aliphatic heterocycles. The van der Waals surface area contributed by atoms with Crippen LogP contribution in [0, 0.1) is 40.4 Å². The Balaban J connectivity index is 1.99. The second-order valence-corrected chi connectivity index (χ2v) is 6.69. The zero-order valence-electron chi connectivity index (χ0n) is 10.3. The molecule has 0 amide bonds. The Morgan fingerprint density at radius 3 is 2.27 bits per heavy atom. The van der Waals surface area contributed by atoms with E-state index < -0.39 is 0 Å². The van der Waals surface area contributed by atoms with Gasteiger partial charge < -0.3 is 0 Å². The number of nitrogens with zero attached hydrogens (tertiary/aromatic N) is 1. The van der Waals surface area contributed by atoms with E-state index in [1.54, 1.807) is 0 Å². The fourth-order valence-electron chi connectivity index (χ4n) is 3.58. The lowest BCUT2D eigenvalue weighted by Crippen LogP contribution is -2.19. The Morgan fingerprint density at radius 2 is 1.67 bits per heavy atom. The molecule has 15 heavy (non-hydrogen) atoms. The highest BCUT2D eigenvalue weighted by Crippen LogP contribution is 2.51. The third-order valence-corrected chi connectivity index (χ3v) is 4.72. The van der Waals surface area contributed by atoms with E-state index in [2.05, 4.69) is 26.8 Å². The van der Waals surface area contributed by atoms with Crippen molar-refractivity contribution < 1.29 is 0 Å². The van der Waals surface area contributed by atoms with Crippen LogP contribution in [0.5, 0.6) is 0 Å². The molecule has 2 aliphatic carbocycles. The molecule has 2 fully saturated rings. The molecule has 4 unspecified atom stereocenters. The van der Waals surface area contributed by atoms with Crippen LogP contribution in [0.1, 0.15) is 52.9 Å². The molecule has 0 bridgehead atoms. The molecule has 2 aliphatic rings. The van der Waals surface area contributed by atoms with Crippen LogP contribution < -0.4 is 0 Å². The van der Waals surface area contributed by atoms with Gasteiger partial charge >= 0.3 is 0 Å². The average Bonchev–Trinajstić information content (AvgIpc) is 2.59. The maximum absolute atomic E-state index is 8.99. The minimum absolute atomic E-state index is 0.366. The highest BCUT2D eigenvalue weighted by molar-refractivity contribution is 4.97. The molecule has 1 nitrogen and oxygen atoms in total. The summed E-state index contributed by atoms with van der Waals surface area (Å²) in [5, 5.41) is 8.99. The smallest absolute Gasteiger partial charge is 0.0655 e. The normalized spacial score (nSPS) is 40.9. The van der Waals surface area contributed by atoms with Crippen molar-refractivity contribution in [3.05, 3.63) is 0 Å². The first kappa shape index (κ1) is 11.0. The zero-order chi connectivity index (χ0) is 11.1. The van der Waals surface area contributed by atoms with Crippen LogP contribution in [-0.2, 0) is 0 Å². The third-order valence-electron chi connectivity index (χ3n) is 4.72. The lowest BCUT2D eigenvalue weighted by Gasteiger charge is -2.27. The Hall–Kier alpha value is -0.510. The summed E-state index contributed by atoms with van der Waals surface area (Å²) in [6.45, 7) is 7.12. The molecule has 0 spiro atoms. The summed E-state index contributed by atoms with van der Waals surface area (Å²) >= 11 is 0. The molecule has 4 atom stereocenters. The lowest BCUT2D eigenvalue weighted by molar-refractivity contribution is 0.236. The lowest BCUT2D eigenvalue weighted by atomic mass is 9.76. The molecule has 0 aromatic carbocycles. The van der Waals surface area contributed by atoms with Gasteiger partial charge in [-0.3, -0.25) is 0 Å². The van der Waals surface area contributed by atoms with Crippen molar-refractivity contribution in [1.82, 2.24) is 0 Å². The molecule has 0 aromatic rings. The quantitative estimate of drug-likeness (QED) is 0.586. The van der Waals surface area contributed by atoms with Gasteiger partial charge in [0.2, 0.25) is 0 Å². The number of hydrogen-bond acceptors (Lipinski definition) is 1. The summed E-state index contributed by atoms with van der Waals surface area (Å²) in [7, 11) is 0. The Morgan fingerprint density at radius 1 is 1.00 bits per heavy atom. The van der Waals surface area contributed by atoms with E-state index in [0.29, 0.717) is 11.3 Å². The standard InChI is InChI=1S/C14H23N/c1-14(2,3)13-7-11-5-4-10(9-15)6-12(11)8-13/h10-13H,4-8H2,1-3H3. The van der Waals surface area contributed by atoms with Gasteiger partial charge in [0.15, 0.2) is 0 Å². The Labute approximate surface area is 93.9 Å². The molecule has 0 saturated heterocycles. The first-order chi connectivity index (χ1) is 7.00. The average molecular weight is 205 g/mol. The van der Waals surface area contributed by atoms with Crippen molar-refractivity contribution in [3.8, 4) is 6.07 Å². The largest absolute Gasteiger partial charge is 0.198 e. The molecule has 0 aromatic heterocycles. The summed E-state index contributed by atoms with van der Waals surface area (Å²) < 4.78 is 0. The van der Waals surface area contributed by atoms with Gasteiger partial charge in [-0.1, -0.05) is 20.8 Å². The van der Waals surface area contributed by atoms with Gasteiger partial charge in [0, 0.05) is 5.92 Å². The molecule has 2 rings (SSSR count).